The summed E-state index contributed by atoms with van der Waals surface area (Å²) in [6.07, 6.45) is 6.12. The Kier molecular flexibility index (Phi) is 32.5. The Bertz CT molecular complexity index is 1070. The fourth-order valence-corrected chi connectivity index (χ4v) is 7.27. The molecule has 2 heterocycles. The maximum atomic E-state index is 7.57. The van der Waals surface area contributed by atoms with Crippen LogP contribution in [-0.2, 0) is 33.1 Å². The first-order valence-electron chi connectivity index (χ1n) is 19.6. The van der Waals surface area contributed by atoms with Crippen molar-refractivity contribution in [3.8, 4) is 0 Å². The normalized spacial score (nSPS) is 21.3. The van der Waals surface area contributed by atoms with E-state index in [0.717, 1.165) is 39.0 Å². The highest BCUT2D eigenvalue weighted by atomic mass is 35.5. The molecule has 54 heavy (non-hydrogen) atoms. The summed E-state index contributed by atoms with van der Waals surface area (Å²) in [6, 6.07) is 18.6. The van der Waals surface area contributed by atoms with Gasteiger partial charge < -0.3 is 14.6 Å². The molecule has 2 aliphatic heterocycles. The third-order valence-electron chi connectivity index (χ3n) is 10.5. The molecule has 0 aliphatic carbocycles. The quantitative estimate of drug-likeness (QED) is 0.231. The van der Waals surface area contributed by atoms with E-state index >= 15 is 0 Å². The van der Waals surface area contributed by atoms with E-state index in [9.17, 15) is 0 Å². The number of nitrogens with zero attached hydrogens (tertiary/aromatic N) is 2. The molecule has 0 spiro atoms. The number of hydrogen-bond acceptors (Lipinski definition) is 5. The fraction of sp³-hybridized carbons (Fsp3) is 0.739. The van der Waals surface area contributed by atoms with Gasteiger partial charge in [-0.25, -0.2) is 0 Å². The van der Waals surface area contributed by atoms with E-state index in [2.05, 4.69) is 141 Å². The third-order valence-corrected chi connectivity index (χ3v) is 10.5. The Morgan fingerprint density at radius 2 is 0.815 bits per heavy atom. The lowest BCUT2D eigenvalue weighted by Gasteiger charge is -2.36. The van der Waals surface area contributed by atoms with Gasteiger partial charge in [0.2, 0.25) is 0 Å². The second kappa shape index (κ2) is 29.3. The van der Waals surface area contributed by atoms with Crippen molar-refractivity contribution in [2.45, 2.75) is 166 Å². The topological polar surface area (TPSA) is 45.2 Å². The number of aliphatic hydroxyl groups is 1. The Morgan fingerprint density at radius 1 is 0.574 bits per heavy atom. The monoisotopic (exact) mass is 821 g/mol. The zero-order chi connectivity index (χ0) is 36.8. The summed E-state index contributed by atoms with van der Waals surface area (Å²) in [4.78, 5) is 5.14. The second-order valence-electron chi connectivity index (χ2n) is 16.8. The molecular weight excluding hydrogens is 735 g/mol. The zero-order valence-electron chi connectivity index (χ0n) is 35.2. The van der Waals surface area contributed by atoms with Gasteiger partial charge >= 0.3 is 0 Å². The van der Waals surface area contributed by atoms with Gasteiger partial charge in [0.25, 0.3) is 0 Å². The minimum atomic E-state index is 0. The van der Waals surface area contributed by atoms with Gasteiger partial charge in [-0.2, -0.15) is 0 Å². The van der Waals surface area contributed by atoms with Crippen LogP contribution in [0.2, 0.25) is 0 Å². The van der Waals surface area contributed by atoms with Gasteiger partial charge in [0.1, 0.15) is 0 Å². The lowest BCUT2D eigenvalue weighted by molar-refractivity contribution is -0.0711. The lowest BCUT2D eigenvalue weighted by Crippen LogP contribution is -2.47. The summed E-state index contributed by atoms with van der Waals surface area (Å²) >= 11 is 0. The molecule has 1 N–H and O–H groups in total. The van der Waals surface area contributed by atoms with Crippen molar-refractivity contribution in [2.75, 3.05) is 45.9 Å². The first-order valence-corrected chi connectivity index (χ1v) is 19.6. The molecule has 0 aromatic heterocycles. The van der Waals surface area contributed by atoms with Crippen molar-refractivity contribution in [1.82, 2.24) is 9.80 Å². The van der Waals surface area contributed by atoms with Crippen molar-refractivity contribution in [3.63, 3.8) is 0 Å². The Labute approximate surface area is 354 Å². The van der Waals surface area contributed by atoms with E-state index in [0.29, 0.717) is 36.3 Å². The average molecular weight is 823 g/mol. The van der Waals surface area contributed by atoms with E-state index in [1.165, 1.54) is 48.2 Å². The van der Waals surface area contributed by atoms with Crippen LogP contribution in [0.1, 0.15) is 140 Å². The van der Waals surface area contributed by atoms with Crippen LogP contribution in [0.25, 0.3) is 0 Å². The lowest BCUT2D eigenvalue weighted by atomic mass is 9.82. The molecule has 2 aromatic carbocycles. The highest BCUT2D eigenvalue weighted by Gasteiger charge is 2.25. The molecule has 2 unspecified atom stereocenters. The van der Waals surface area contributed by atoms with Crippen molar-refractivity contribution in [3.05, 3.63) is 70.8 Å². The SMILES string of the molecule is C.C.CCC(C)(C)c1ccc(CC(C)CN2C[C@@H](C)O[C@@H](C)C2)cc1.CCC(C)(C)c1ccc(CC(C)CN2C[C@@H](C)O[C@@H](C)C2)cc1.CCO.Cl.Cl.Cl. The molecule has 5 nitrogen and oxygen atoms in total. The molecule has 0 bridgehead atoms. The standard InChI is InChI=1S/2C21H35NO.C2H6O.2CH4.3ClH/c2*1-7-21(5,6)20-10-8-19(9-11-20)12-16(2)13-22-14-17(3)23-18(4)15-22;1-2-3;;;;;/h2*8-11,16-18H,7,12-15H2,1-6H3;3H,2H2,1H3;2*1H4;3*1H/t2*16?,17-,18+;;;;;;. The molecule has 0 radical (unpaired) electrons. The van der Waals surface area contributed by atoms with Crippen molar-refractivity contribution >= 4 is 37.2 Å². The van der Waals surface area contributed by atoms with Crippen LogP contribution in [0.5, 0.6) is 0 Å². The van der Waals surface area contributed by atoms with E-state index < -0.39 is 0 Å². The van der Waals surface area contributed by atoms with Crippen LogP contribution in [0.4, 0.5) is 0 Å². The first kappa shape index (κ1) is 59.8. The van der Waals surface area contributed by atoms with Crippen LogP contribution in [0.3, 0.4) is 0 Å². The maximum absolute atomic E-state index is 7.57. The molecule has 320 valence electrons. The second-order valence-corrected chi connectivity index (χ2v) is 16.8. The van der Waals surface area contributed by atoms with Gasteiger partial charge in [-0.3, -0.25) is 9.80 Å². The highest BCUT2D eigenvalue weighted by molar-refractivity contribution is 5.86. The molecule has 2 saturated heterocycles. The van der Waals surface area contributed by atoms with E-state index in [-0.39, 0.29) is 69.5 Å². The molecule has 0 saturated carbocycles. The largest absolute Gasteiger partial charge is 0.397 e. The molecule has 0 amide bonds. The van der Waals surface area contributed by atoms with Crippen LogP contribution >= 0.6 is 37.2 Å². The van der Waals surface area contributed by atoms with Gasteiger partial charge in [0.15, 0.2) is 0 Å². The minimum absolute atomic E-state index is 0. The van der Waals surface area contributed by atoms with Crippen LogP contribution in [0, 0.1) is 11.8 Å². The van der Waals surface area contributed by atoms with E-state index in [1.807, 2.05) is 0 Å². The smallest absolute Gasteiger partial charge is 0.0678 e. The summed E-state index contributed by atoms with van der Waals surface area (Å²) in [7, 11) is 0. The fourth-order valence-electron chi connectivity index (χ4n) is 7.27. The van der Waals surface area contributed by atoms with E-state index in [1.54, 1.807) is 6.92 Å². The Morgan fingerprint density at radius 3 is 1.04 bits per heavy atom. The van der Waals surface area contributed by atoms with Gasteiger partial charge in [0, 0.05) is 45.9 Å². The highest BCUT2D eigenvalue weighted by Crippen LogP contribution is 2.28. The number of morpholine rings is 2. The van der Waals surface area contributed by atoms with Gasteiger partial charge in [-0.1, -0.05) is 119 Å². The molecule has 4 rings (SSSR count). The van der Waals surface area contributed by atoms with E-state index in [4.69, 9.17) is 14.6 Å². The van der Waals surface area contributed by atoms with Crippen molar-refractivity contribution < 1.29 is 14.6 Å². The molecule has 2 aromatic rings. The van der Waals surface area contributed by atoms with Crippen LogP contribution < -0.4 is 0 Å². The number of benzene rings is 2. The predicted octanol–water partition coefficient (Wildman–Crippen LogP) is 11.9. The summed E-state index contributed by atoms with van der Waals surface area (Å²) in [5, 5.41) is 7.57. The van der Waals surface area contributed by atoms with Crippen molar-refractivity contribution in [1.29, 1.82) is 0 Å². The number of rotatable bonds is 12. The Balaban J connectivity index is -0.000000397. The summed E-state index contributed by atoms with van der Waals surface area (Å²) in [6.45, 7) is 35.8. The minimum Gasteiger partial charge on any atom is -0.397 e. The molecular formula is C46H87Cl3N2O3. The number of hydrogen-bond donors (Lipinski definition) is 1. The molecule has 8 heteroatoms. The van der Waals surface area contributed by atoms with Gasteiger partial charge in [-0.15, -0.1) is 37.2 Å². The number of aliphatic hydroxyl groups excluding tert-OH is 1. The molecule has 6 atom stereocenters. The van der Waals surface area contributed by atoms with Gasteiger partial charge in [0.05, 0.1) is 24.4 Å². The van der Waals surface area contributed by atoms with Crippen molar-refractivity contribution in [2.24, 2.45) is 11.8 Å². The Hall–Kier alpha value is -0.890. The average Bonchev–Trinajstić information content (AvgIpc) is 3.01. The maximum Gasteiger partial charge on any atom is 0.0678 e. The summed E-state index contributed by atoms with van der Waals surface area (Å²) in [5.74, 6) is 1.36. The zero-order valence-corrected chi connectivity index (χ0v) is 37.7. The predicted molar refractivity (Wildman–Crippen MR) is 246 cm³/mol. The van der Waals surface area contributed by atoms with Crippen LogP contribution in [-0.4, -0.2) is 85.2 Å². The summed E-state index contributed by atoms with van der Waals surface area (Å²) in [5.41, 5.74) is 6.39. The number of ether oxygens (including phenoxy) is 2. The molecule has 2 aliphatic rings. The first-order chi connectivity index (χ1) is 23.0. The third kappa shape index (κ3) is 21.6. The van der Waals surface area contributed by atoms with Gasteiger partial charge in [-0.05, 0) is 105 Å². The molecule has 2 fully saturated rings. The number of halogens is 3. The summed E-state index contributed by atoms with van der Waals surface area (Å²) < 4.78 is 11.7. The van der Waals surface area contributed by atoms with Crippen LogP contribution in [0.15, 0.2) is 48.5 Å².